The van der Waals surface area contributed by atoms with E-state index >= 15 is 0 Å². The zero-order valence-corrected chi connectivity index (χ0v) is 20.4. The fourth-order valence-electron chi connectivity index (χ4n) is 3.13. The Bertz CT molecular complexity index is 891. The van der Waals surface area contributed by atoms with E-state index in [0.29, 0.717) is 35.0 Å². The predicted octanol–water partition coefficient (Wildman–Crippen LogP) is 3.08. The summed E-state index contributed by atoms with van der Waals surface area (Å²) in [6.07, 6.45) is 1.04. The van der Waals surface area contributed by atoms with Crippen molar-refractivity contribution >= 4 is 36.1 Å². The fourth-order valence-corrected chi connectivity index (χ4v) is 4.48. The number of hydrogen-bond acceptors (Lipinski definition) is 8. The maximum Gasteiger partial charge on any atom is 0.302 e. The van der Waals surface area contributed by atoms with E-state index in [1.165, 1.54) is 18.7 Å². The smallest absolute Gasteiger partial charge is 0.302 e. The lowest BCUT2D eigenvalue weighted by molar-refractivity contribution is -0.145. The van der Waals surface area contributed by atoms with Crippen LogP contribution in [-0.4, -0.2) is 64.2 Å². The van der Waals surface area contributed by atoms with Gasteiger partial charge in [0.2, 0.25) is 6.41 Å². The van der Waals surface area contributed by atoms with Gasteiger partial charge in [0.25, 0.3) is 0 Å². The van der Waals surface area contributed by atoms with Crippen LogP contribution in [0.1, 0.15) is 35.0 Å². The molecule has 2 N–H and O–H groups in total. The normalized spacial score (nSPS) is 11.9. The van der Waals surface area contributed by atoms with Crippen LogP contribution in [0.25, 0.3) is 0 Å². The highest BCUT2D eigenvalue weighted by atomic mass is 32.2. The Balaban J connectivity index is 0.00000265. The Morgan fingerprint density at radius 2 is 1.85 bits per heavy atom. The van der Waals surface area contributed by atoms with Gasteiger partial charge < -0.3 is 24.8 Å². The summed E-state index contributed by atoms with van der Waals surface area (Å²) in [5.41, 5.74) is 2.00. The molecule has 2 aromatic rings. The molecule has 33 heavy (non-hydrogen) atoms. The molecule has 180 valence electrons. The van der Waals surface area contributed by atoms with Crippen LogP contribution >= 0.6 is 11.8 Å². The van der Waals surface area contributed by atoms with Crippen molar-refractivity contribution in [2.24, 2.45) is 0 Å². The number of likely N-dealkylation sites (N-methyl/N-ethyl adjacent to an activating group) is 1. The van der Waals surface area contributed by atoms with E-state index in [4.69, 9.17) is 14.6 Å². The minimum Gasteiger partial charge on any atom is -0.497 e. The summed E-state index contributed by atoms with van der Waals surface area (Å²) in [4.78, 5) is 37.5. The number of aldehydes is 1. The number of esters is 1. The number of aliphatic hydroxyl groups excluding tert-OH is 1. The van der Waals surface area contributed by atoms with Crippen LogP contribution in [0, 0.1) is 0 Å². The van der Waals surface area contributed by atoms with Gasteiger partial charge in [0, 0.05) is 37.6 Å². The molecule has 0 saturated heterocycles. The highest BCUT2D eigenvalue weighted by molar-refractivity contribution is 7.99. The molecule has 0 heterocycles. The monoisotopic (exact) mass is 476 g/mol. The number of methoxy groups -OCH3 is 1. The topological polar surface area (TPSA) is 105 Å². The van der Waals surface area contributed by atoms with Crippen LogP contribution in [0.2, 0.25) is 0 Å². The Morgan fingerprint density at radius 1 is 1.18 bits per heavy atom. The average molecular weight is 477 g/mol. The van der Waals surface area contributed by atoms with Crippen LogP contribution < -0.4 is 15.0 Å². The summed E-state index contributed by atoms with van der Waals surface area (Å²) < 4.78 is 10.7. The molecular weight excluding hydrogens is 444 g/mol. The van der Waals surface area contributed by atoms with Crippen LogP contribution in [-0.2, 0) is 14.3 Å². The second-order valence-corrected chi connectivity index (χ2v) is 7.99. The lowest BCUT2D eigenvalue weighted by Crippen LogP contribution is -2.30. The Morgan fingerprint density at radius 3 is 2.36 bits per heavy atom. The van der Waals surface area contributed by atoms with Gasteiger partial charge in [-0.25, -0.2) is 0 Å². The van der Waals surface area contributed by atoms with Gasteiger partial charge in [0.1, 0.15) is 11.9 Å². The molecular formula is C24H32N2O6S. The first-order valence-corrected chi connectivity index (χ1v) is 11.2. The second kappa shape index (κ2) is 15.0. The van der Waals surface area contributed by atoms with E-state index < -0.39 is 6.10 Å². The van der Waals surface area contributed by atoms with E-state index in [2.05, 4.69) is 5.32 Å². The molecule has 1 amide bonds. The number of hydrogen-bond donors (Lipinski definition) is 2. The first kappa shape index (κ1) is 28.2. The lowest BCUT2D eigenvalue weighted by atomic mass is 10.1. The van der Waals surface area contributed by atoms with Gasteiger partial charge in [-0.2, -0.15) is 0 Å². The van der Waals surface area contributed by atoms with Crippen molar-refractivity contribution in [1.29, 1.82) is 0 Å². The summed E-state index contributed by atoms with van der Waals surface area (Å²) in [6, 6.07) is 12.7. The molecule has 0 radical (unpaired) electrons. The first-order valence-electron chi connectivity index (χ1n) is 10.3. The maximum atomic E-state index is 11.8. The van der Waals surface area contributed by atoms with E-state index in [-0.39, 0.29) is 11.2 Å². The van der Waals surface area contributed by atoms with Crippen LogP contribution in [0.4, 0.5) is 5.69 Å². The molecule has 0 spiro atoms. The van der Waals surface area contributed by atoms with Crippen LogP contribution in [0.15, 0.2) is 47.4 Å². The summed E-state index contributed by atoms with van der Waals surface area (Å²) in [5, 5.41) is 9.71. The SMILES string of the molecule is CNCCN(C=O)c1cccc(C=O)c1S[C@@H](c1ccc(OC)cc1)[C@H](C)OC(C)=O.CO. The van der Waals surface area contributed by atoms with Gasteiger partial charge in [-0.1, -0.05) is 24.3 Å². The molecule has 0 aromatic heterocycles. The van der Waals surface area contributed by atoms with Gasteiger partial charge >= 0.3 is 5.97 Å². The lowest BCUT2D eigenvalue weighted by Gasteiger charge is -2.27. The molecule has 2 rings (SSSR count). The fraction of sp³-hybridized carbons (Fsp3) is 0.375. The van der Waals surface area contributed by atoms with Gasteiger partial charge in [-0.05, 0) is 37.7 Å². The number of carbonyl (C=O) groups excluding carboxylic acids is 3. The molecule has 2 aromatic carbocycles. The Kier molecular flexibility index (Phi) is 12.8. The van der Waals surface area contributed by atoms with E-state index in [9.17, 15) is 14.4 Å². The number of carbonyl (C=O) groups is 3. The van der Waals surface area contributed by atoms with Crippen LogP contribution in [0.5, 0.6) is 5.75 Å². The van der Waals surface area contributed by atoms with Crippen molar-refractivity contribution in [2.75, 3.05) is 39.3 Å². The van der Waals surface area contributed by atoms with E-state index in [1.54, 1.807) is 37.3 Å². The summed E-state index contributed by atoms with van der Waals surface area (Å²) >= 11 is 1.39. The highest BCUT2D eigenvalue weighted by Gasteiger charge is 2.27. The van der Waals surface area contributed by atoms with E-state index in [1.807, 2.05) is 31.2 Å². The third-order valence-electron chi connectivity index (χ3n) is 4.66. The number of anilines is 1. The molecule has 0 saturated carbocycles. The molecule has 0 unspecified atom stereocenters. The molecule has 2 atom stereocenters. The number of thioether (sulfide) groups is 1. The average Bonchev–Trinajstić information content (AvgIpc) is 2.84. The Labute approximate surface area is 199 Å². The van der Waals surface area contributed by atoms with Gasteiger partial charge in [0.15, 0.2) is 6.29 Å². The third-order valence-corrected chi connectivity index (χ3v) is 6.25. The van der Waals surface area contributed by atoms with Crippen molar-refractivity contribution in [2.45, 2.75) is 30.1 Å². The molecule has 0 aliphatic heterocycles. The minimum absolute atomic E-state index is 0.313. The number of benzene rings is 2. The molecule has 0 aliphatic rings. The van der Waals surface area contributed by atoms with Gasteiger partial charge in [-0.15, -0.1) is 11.8 Å². The third kappa shape index (κ3) is 8.20. The standard InChI is InChI=1S/C23H28N2O5S.CH4O/c1-16(30-17(2)28)22(18-8-10-20(29-4)11-9-18)31-23-19(14-26)6-5-7-21(23)25(15-27)13-12-24-3;1-2/h5-11,14-16,22,24H,12-13H2,1-4H3;2H,1H3/t16-,22+;/m0./s1. The van der Waals surface area contributed by atoms with E-state index in [0.717, 1.165) is 25.4 Å². The zero-order chi connectivity index (χ0) is 24.8. The summed E-state index contributed by atoms with van der Waals surface area (Å²) in [6.45, 7) is 4.22. The minimum atomic E-state index is -0.481. The largest absolute Gasteiger partial charge is 0.497 e. The highest BCUT2D eigenvalue weighted by Crippen LogP contribution is 2.44. The number of aliphatic hydroxyl groups is 1. The van der Waals surface area contributed by atoms with Crippen molar-refractivity contribution in [3.8, 4) is 5.75 Å². The van der Waals surface area contributed by atoms with Gasteiger partial charge in [0.05, 0.1) is 18.0 Å². The molecule has 8 nitrogen and oxygen atoms in total. The molecule has 0 bridgehead atoms. The summed E-state index contributed by atoms with van der Waals surface area (Å²) in [5.74, 6) is 0.319. The van der Waals surface area contributed by atoms with Crippen molar-refractivity contribution in [1.82, 2.24) is 5.32 Å². The second-order valence-electron chi connectivity index (χ2n) is 6.84. The van der Waals surface area contributed by atoms with Crippen LogP contribution in [0.3, 0.4) is 0 Å². The number of nitrogens with one attached hydrogen (secondary N) is 1. The first-order chi connectivity index (χ1) is 15.9. The zero-order valence-electron chi connectivity index (χ0n) is 19.6. The van der Waals surface area contributed by atoms with Crippen molar-refractivity contribution in [3.05, 3.63) is 53.6 Å². The molecule has 9 heteroatoms. The molecule has 0 aliphatic carbocycles. The summed E-state index contributed by atoms with van der Waals surface area (Å²) in [7, 11) is 4.40. The Hall–Kier alpha value is -2.88. The predicted molar refractivity (Wildman–Crippen MR) is 130 cm³/mol. The number of nitrogens with zero attached hydrogens (tertiary/aromatic N) is 1. The van der Waals surface area contributed by atoms with Crippen molar-refractivity contribution in [3.63, 3.8) is 0 Å². The maximum absolute atomic E-state index is 11.8. The number of ether oxygens (including phenoxy) is 2. The van der Waals surface area contributed by atoms with Gasteiger partial charge in [-0.3, -0.25) is 14.4 Å². The van der Waals surface area contributed by atoms with Crippen molar-refractivity contribution < 1.29 is 29.0 Å². The quantitative estimate of drug-likeness (QED) is 0.274. The molecule has 0 fully saturated rings. The number of amides is 1. The number of rotatable bonds is 12.